The van der Waals surface area contributed by atoms with Crippen LogP contribution in [0.4, 0.5) is 11.5 Å². The van der Waals surface area contributed by atoms with Crippen molar-refractivity contribution in [1.29, 1.82) is 0 Å². The van der Waals surface area contributed by atoms with E-state index in [0.29, 0.717) is 0 Å². The zero-order chi connectivity index (χ0) is 21.2. The minimum absolute atomic E-state index is 0.752. The molecule has 1 saturated heterocycles. The Bertz CT molecular complexity index is 1180. The van der Waals surface area contributed by atoms with Crippen molar-refractivity contribution in [3.05, 3.63) is 76.9 Å². The van der Waals surface area contributed by atoms with Crippen molar-refractivity contribution in [2.24, 2.45) is 0 Å². The first-order chi connectivity index (χ1) is 15.2. The lowest BCUT2D eigenvalue weighted by molar-refractivity contribution is 0.413. The predicted molar refractivity (Wildman–Crippen MR) is 129 cm³/mol. The van der Waals surface area contributed by atoms with Crippen molar-refractivity contribution < 1.29 is 4.74 Å². The number of thiophene rings is 1. The second kappa shape index (κ2) is 8.55. The first-order valence-electron chi connectivity index (χ1n) is 10.6. The van der Waals surface area contributed by atoms with Gasteiger partial charge in [-0.3, -0.25) is 0 Å². The fourth-order valence-corrected chi connectivity index (χ4v) is 5.11. The lowest BCUT2D eigenvalue weighted by atomic mass is 10.1. The zero-order valence-electron chi connectivity index (χ0n) is 17.9. The van der Waals surface area contributed by atoms with Gasteiger partial charge in [-0.1, -0.05) is 42.5 Å². The first-order valence-corrected chi connectivity index (χ1v) is 11.5. The fourth-order valence-electron chi connectivity index (χ4n) is 4.22. The molecule has 0 atom stereocenters. The summed E-state index contributed by atoms with van der Waals surface area (Å²) < 4.78 is 5.57. The Morgan fingerprint density at radius 1 is 0.903 bits per heavy atom. The Labute approximate surface area is 186 Å². The van der Waals surface area contributed by atoms with Crippen LogP contribution in [0.5, 0.6) is 5.75 Å². The van der Waals surface area contributed by atoms with Crippen molar-refractivity contribution in [1.82, 2.24) is 9.97 Å². The molecule has 158 valence electrons. The molecule has 5 nitrogen and oxygen atoms in total. The van der Waals surface area contributed by atoms with Crippen LogP contribution < -0.4 is 14.5 Å². The second-order valence-corrected chi connectivity index (χ2v) is 9.08. The monoisotopic (exact) mass is 430 g/mol. The third-order valence-corrected chi connectivity index (χ3v) is 6.70. The Balaban J connectivity index is 1.42. The van der Waals surface area contributed by atoms with Gasteiger partial charge in [-0.05, 0) is 30.7 Å². The van der Waals surface area contributed by atoms with Crippen molar-refractivity contribution in [3.8, 4) is 5.75 Å². The lowest BCUT2D eigenvalue weighted by Gasteiger charge is -2.37. The maximum atomic E-state index is 5.57. The number of anilines is 2. The number of piperazine rings is 1. The summed E-state index contributed by atoms with van der Waals surface area (Å²) in [6.07, 6.45) is 0.752. The predicted octanol–water partition coefficient (Wildman–Crippen LogP) is 4.93. The molecule has 0 radical (unpaired) electrons. The van der Waals surface area contributed by atoms with Gasteiger partial charge in [0.25, 0.3) is 0 Å². The number of ether oxygens (including phenoxy) is 1. The third kappa shape index (κ3) is 4.08. The Morgan fingerprint density at radius 2 is 1.61 bits per heavy atom. The first kappa shape index (κ1) is 19.8. The van der Waals surface area contributed by atoms with Crippen LogP contribution in [0.25, 0.3) is 10.2 Å². The molecule has 0 bridgehead atoms. The summed E-state index contributed by atoms with van der Waals surface area (Å²) in [4.78, 5) is 17.1. The van der Waals surface area contributed by atoms with E-state index in [1.54, 1.807) is 18.4 Å². The van der Waals surface area contributed by atoms with Crippen LogP contribution in [0.15, 0.2) is 60.7 Å². The van der Waals surface area contributed by atoms with E-state index in [-0.39, 0.29) is 0 Å². The maximum Gasteiger partial charge on any atom is 0.142 e. The van der Waals surface area contributed by atoms with Crippen LogP contribution >= 0.6 is 11.3 Å². The largest absolute Gasteiger partial charge is 0.495 e. The SMILES string of the molecule is COc1ccccc1N1CCN(c2nc(Cc3ccccc3)nc3sc(C)cc23)CC1. The Kier molecular flexibility index (Phi) is 5.47. The minimum Gasteiger partial charge on any atom is -0.495 e. The van der Waals surface area contributed by atoms with Gasteiger partial charge >= 0.3 is 0 Å². The van der Waals surface area contributed by atoms with Crippen molar-refractivity contribution in [2.45, 2.75) is 13.3 Å². The smallest absolute Gasteiger partial charge is 0.142 e. The van der Waals surface area contributed by atoms with E-state index >= 15 is 0 Å². The normalized spacial score (nSPS) is 14.3. The summed E-state index contributed by atoms with van der Waals surface area (Å²) >= 11 is 1.75. The molecule has 0 unspecified atom stereocenters. The Hall–Kier alpha value is -3.12. The molecule has 0 saturated carbocycles. The van der Waals surface area contributed by atoms with Gasteiger partial charge in [0.1, 0.15) is 22.2 Å². The highest BCUT2D eigenvalue weighted by molar-refractivity contribution is 7.18. The molecule has 5 rings (SSSR count). The van der Waals surface area contributed by atoms with Gasteiger partial charge in [-0.25, -0.2) is 9.97 Å². The number of benzene rings is 2. The molecule has 4 aromatic rings. The molecule has 6 heteroatoms. The number of fused-ring (bicyclic) bond motifs is 1. The summed E-state index contributed by atoms with van der Waals surface area (Å²) in [6, 6.07) is 20.9. The summed E-state index contributed by atoms with van der Waals surface area (Å²) in [5.74, 6) is 2.89. The van der Waals surface area contributed by atoms with Gasteiger partial charge in [0, 0.05) is 37.5 Å². The van der Waals surface area contributed by atoms with E-state index in [1.807, 2.05) is 18.2 Å². The zero-order valence-corrected chi connectivity index (χ0v) is 18.7. The number of aromatic nitrogens is 2. The fraction of sp³-hybridized carbons (Fsp3) is 0.280. The molecular formula is C25H26N4OS. The van der Waals surface area contributed by atoms with Gasteiger partial charge in [0.15, 0.2) is 0 Å². The summed E-state index contributed by atoms with van der Waals surface area (Å²) in [6.45, 7) is 5.85. The standard InChI is InChI=1S/C25H26N4OS/c1-18-16-20-24(26-23(27-25(20)31-18)17-19-8-4-3-5-9-19)29-14-12-28(13-15-29)21-10-6-7-11-22(21)30-2/h3-11,16H,12-15,17H2,1-2H3. The second-order valence-electron chi connectivity index (χ2n) is 7.85. The van der Waals surface area contributed by atoms with Crippen LogP contribution in [0.2, 0.25) is 0 Å². The van der Waals surface area contributed by atoms with Crippen LogP contribution in [0, 0.1) is 6.92 Å². The van der Waals surface area contributed by atoms with E-state index in [1.165, 1.54) is 15.8 Å². The molecule has 0 spiro atoms. The highest BCUT2D eigenvalue weighted by atomic mass is 32.1. The van der Waals surface area contributed by atoms with E-state index in [9.17, 15) is 0 Å². The number of hydrogen-bond donors (Lipinski definition) is 0. The average molecular weight is 431 g/mol. The van der Waals surface area contributed by atoms with Gasteiger partial charge in [-0.15, -0.1) is 11.3 Å². The molecule has 1 aliphatic rings. The maximum absolute atomic E-state index is 5.57. The van der Waals surface area contributed by atoms with Gasteiger partial charge in [0.05, 0.1) is 18.2 Å². The molecule has 1 aliphatic heterocycles. The quantitative estimate of drug-likeness (QED) is 0.449. The van der Waals surface area contributed by atoms with Gasteiger partial charge in [-0.2, -0.15) is 0 Å². The number of aryl methyl sites for hydroxylation is 1. The van der Waals surface area contributed by atoms with E-state index in [0.717, 1.165) is 60.5 Å². The van der Waals surface area contributed by atoms with Crippen molar-refractivity contribution in [2.75, 3.05) is 43.1 Å². The molecule has 31 heavy (non-hydrogen) atoms. The van der Waals surface area contributed by atoms with Crippen LogP contribution in [0.1, 0.15) is 16.3 Å². The molecule has 1 fully saturated rings. The van der Waals surface area contributed by atoms with Crippen molar-refractivity contribution in [3.63, 3.8) is 0 Å². The van der Waals surface area contributed by atoms with Gasteiger partial charge in [0.2, 0.25) is 0 Å². The molecule has 0 N–H and O–H groups in total. The topological polar surface area (TPSA) is 41.5 Å². The van der Waals surface area contributed by atoms with Crippen LogP contribution in [-0.2, 0) is 6.42 Å². The summed E-state index contributed by atoms with van der Waals surface area (Å²) in [5, 5.41) is 1.17. The molecule has 0 aliphatic carbocycles. The number of hydrogen-bond acceptors (Lipinski definition) is 6. The molecule has 2 aromatic carbocycles. The van der Waals surface area contributed by atoms with E-state index in [2.05, 4.69) is 59.2 Å². The van der Waals surface area contributed by atoms with Crippen LogP contribution in [-0.4, -0.2) is 43.3 Å². The van der Waals surface area contributed by atoms with E-state index < -0.39 is 0 Å². The number of rotatable bonds is 5. The molecular weight excluding hydrogens is 404 g/mol. The van der Waals surface area contributed by atoms with Crippen LogP contribution in [0.3, 0.4) is 0 Å². The third-order valence-electron chi connectivity index (χ3n) is 5.75. The summed E-state index contributed by atoms with van der Waals surface area (Å²) in [7, 11) is 1.74. The van der Waals surface area contributed by atoms with Crippen molar-refractivity contribution >= 4 is 33.1 Å². The molecule has 3 heterocycles. The summed E-state index contributed by atoms with van der Waals surface area (Å²) in [5.41, 5.74) is 2.40. The lowest BCUT2D eigenvalue weighted by Crippen LogP contribution is -2.47. The molecule has 2 aromatic heterocycles. The van der Waals surface area contributed by atoms with Gasteiger partial charge < -0.3 is 14.5 Å². The minimum atomic E-state index is 0.752. The highest BCUT2D eigenvalue weighted by Crippen LogP contribution is 2.33. The number of nitrogens with zero attached hydrogens (tertiary/aromatic N) is 4. The molecule has 0 amide bonds. The average Bonchev–Trinajstić information content (AvgIpc) is 3.19. The number of para-hydroxylation sites is 2. The highest BCUT2D eigenvalue weighted by Gasteiger charge is 2.23. The number of methoxy groups -OCH3 is 1. The Morgan fingerprint density at radius 3 is 2.39 bits per heavy atom. The van der Waals surface area contributed by atoms with E-state index in [4.69, 9.17) is 14.7 Å².